The maximum absolute atomic E-state index is 11.5. The first kappa shape index (κ1) is 12.1. The van der Waals surface area contributed by atoms with Crippen LogP contribution in [0.5, 0.6) is 0 Å². The quantitative estimate of drug-likeness (QED) is 0.826. The Labute approximate surface area is 102 Å². The molecule has 3 N–H and O–H groups in total. The summed E-state index contributed by atoms with van der Waals surface area (Å²) in [5.41, 5.74) is 8.38. The monoisotopic (exact) mass is 232 g/mol. The lowest BCUT2D eigenvalue weighted by atomic mass is 9.92. The zero-order valence-electron chi connectivity index (χ0n) is 10.5. The first-order valence-electron chi connectivity index (χ1n) is 6.15. The molecule has 1 aromatic rings. The smallest absolute Gasteiger partial charge is 0.236 e. The predicted octanol–water partition coefficient (Wildman–Crippen LogP) is 1.49. The molecule has 92 valence electrons. The van der Waals surface area contributed by atoms with Crippen molar-refractivity contribution >= 4 is 5.91 Å². The largest absolute Gasteiger partial charge is 0.354 e. The topological polar surface area (TPSA) is 55.1 Å². The molecule has 3 heteroatoms. The molecule has 17 heavy (non-hydrogen) atoms. The van der Waals surface area contributed by atoms with Gasteiger partial charge in [-0.05, 0) is 37.8 Å². The van der Waals surface area contributed by atoms with E-state index in [0.29, 0.717) is 6.54 Å². The van der Waals surface area contributed by atoms with Crippen molar-refractivity contribution in [2.24, 2.45) is 5.73 Å². The third-order valence-corrected chi connectivity index (χ3v) is 3.58. The highest BCUT2D eigenvalue weighted by Crippen LogP contribution is 2.48. The number of hydrogen-bond donors (Lipinski definition) is 2. The van der Waals surface area contributed by atoms with Crippen molar-refractivity contribution in [1.29, 1.82) is 0 Å². The number of carbonyl (C=O) groups excluding carboxylic acids is 1. The molecule has 2 rings (SSSR count). The van der Waals surface area contributed by atoms with Crippen molar-refractivity contribution in [3.05, 3.63) is 35.4 Å². The van der Waals surface area contributed by atoms with Gasteiger partial charge < -0.3 is 11.1 Å². The highest BCUT2D eigenvalue weighted by molar-refractivity contribution is 5.81. The molecular weight excluding hydrogens is 212 g/mol. The lowest BCUT2D eigenvalue weighted by molar-refractivity contribution is -0.122. The molecule has 1 aliphatic rings. The maximum Gasteiger partial charge on any atom is 0.236 e. The minimum atomic E-state index is -0.428. The molecule has 1 saturated carbocycles. The Hall–Kier alpha value is -1.35. The van der Waals surface area contributed by atoms with Crippen LogP contribution < -0.4 is 11.1 Å². The molecule has 1 atom stereocenters. The van der Waals surface area contributed by atoms with Gasteiger partial charge in [-0.15, -0.1) is 0 Å². The van der Waals surface area contributed by atoms with Gasteiger partial charge in [-0.3, -0.25) is 4.79 Å². The minimum Gasteiger partial charge on any atom is -0.354 e. The third kappa shape index (κ3) is 2.50. The molecule has 1 amide bonds. The number of amides is 1. The van der Waals surface area contributed by atoms with Crippen LogP contribution in [0.4, 0.5) is 0 Å². The molecular formula is C14H20N2O. The Balaban J connectivity index is 2.06. The van der Waals surface area contributed by atoms with Gasteiger partial charge >= 0.3 is 0 Å². The van der Waals surface area contributed by atoms with Gasteiger partial charge in [0.2, 0.25) is 5.91 Å². The normalized spacial score (nSPS) is 18.5. The minimum absolute atomic E-state index is 0.0649. The summed E-state index contributed by atoms with van der Waals surface area (Å²) >= 11 is 0. The van der Waals surface area contributed by atoms with Gasteiger partial charge in [0.25, 0.3) is 0 Å². The van der Waals surface area contributed by atoms with Crippen LogP contribution in [0.3, 0.4) is 0 Å². The SMILES string of the molecule is Cc1ccccc1C1(CNC(=O)[C@H](C)N)CC1. The molecule has 0 heterocycles. The molecule has 1 aromatic carbocycles. The predicted molar refractivity (Wildman–Crippen MR) is 68.8 cm³/mol. The van der Waals surface area contributed by atoms with Crippen LogP contribution in [-0.2, 0) is 10.2 Å². The van der Waals surface area contributed by atoms with E-state index in [1.807, 2.05) is 0 Å². The number of carbonyl (C=O) groups is 1. The van der Waals surface area contributed by atoms with E-state index in [1.165, 1.54) is 11.1 Å². The van der Waals surface area contributed by atoms with Crippen LogP contribution in [0.2, 0.25) is 0 Å². The molecule has 0 radical (unpaired) electrons. The standard InChI is InChI=1S/C14H20N2O/c1-10-5-3-4-6-12(10)14(7-8-14)9-16-13(17)11(2)15/h3-6,11H,7-9,15H2,1-2H3,(H,16,17)/t11-/m0/s1. The van der Waals surface area contributed by atoms with Crippen LogP contribution in [0.15, 0.2) is 24.3 Å². The van der Waals surface area contributed by atoms with E-state index in [-0.39, 0.29) is 11.3 Å². The maximum atomic E-state index is 11.5. The van der Waals surface area contributed by atoms with Gasteiger partial charge in [0.15, 0.2) is 0 Å². The van der Waals surface area contributed by atoms with Crippen molar-refractivity contribution in [1.82, 2.24) is 5.32 Å². The number of aryl methyl sites for hydroxylation is 1. The molecule has 0 aromatic heterocycles. The summed E-state index contributed by atoms with van der Waals surface area (Å²) in [4.78, 5) is 11.5. The number of benzene rings is 1. The van der Waals surface area contributed by atoms with E-state index in [0.717, 1.165) is 12.8 Å². The highest BCUT2D eigenvalue weighted by atomic mass is 16.2. The second-order valence-electron chi connectivity index (χ2n) is 5.10. The summed E-state index contributed by atoms with van der Waals surface area (Å²) in [5, 5.41) is 2.95. The molecule has 1 fully saturated rings. The summed E-state index contributed by atoms with van der Waals surface area (Å²) < 4.78 is 0. The Bertz CT molecular complexity index is 422. The molecule has 0 spiro atoms. The van der Waals surface area contributed by atoms with Crippen LogP contribution in [0.1, 0.15) is 30.9 Å². The highest BCUT2D eigenvalue weighted by Gasteiger charge is 2.45. The number of rotatable bonds is 4. The van der Waals surface area contributed by atoms with Gasteiger partial charge in [-0.1, -0.05) is 24.3 Å². The number of nitrogens with two attached hydrogens (primary N) is 1. The summed E-state index contributed by atoms with van der Waals surface area (Å²) in [5.74, 6) is -0.0649. The van der Waals surface area contributed by atoms with E-state index in [9.17, 15) is 4.79 Å². The Morgan fingerprint density at radius 1 is 1.47 bits per heavy atom. The molecule has 0 unspecified atom stereocenters. The Morgan fingerprint density at radius 3 is 2.65 bits per heavy atom. The van der Waals surface area contributed by atoms with E-state index >= 15 is 0 Å². The van der Waals surface area contributed by atoms with Crippen molar-refractivity contribution in [3.8, 4) is 0 Å². The van der Waals surface area contributed by atoms with Crippen molar-refractivity contribution in [3.63, 3.8) is 0 Å². The van der Waals surface area contributed by atoms with Gasteiger partial charge in [-0.2, -0.15) is 0 Å². The average molecular weight is 232 g/mol. The molecule has 0 aliphatic heterocycles. The van der Waals surface area contributed by atoms with Gasteiger partial charge in [0.05, 0.1) is 6.04 Å². The summed E-state index contributed by atoms with van der Waals surface area (Å²) in [6, 6.07) is 7.98. The third-order valence-electron chi connectivity index (χ3n) is 3.58. The Morgan fingerprint density at radius 2 is 2.12 bits per heavy atom. The fraction of sp³-hybridized carbons (Fsp3) is 0.500. The number of nitrogens with one attached hydrogen (secondary N) is 1. The van der Waals surface area contributed by atoms with Crippen molar-refractivity contribution in [2.75, 3.05) is 6.54 Å². The van der Waals surface area contributed by atoms with Crippen LogP contribution in [0, 0.1) is 6.92 Å². The summed E-state index contributed by atoms with van der Waals surface area (Å²) in [6.07, 6.45) is 2.30. The molecule has 0 saturated heterocycles. The first-order chi connectivity index (χ1) is 8.05. The lowest BCUT2D eigenvalue weighted by Crippen LogP contribution is -2.41. The van der Waals surface area contributed by atoms with Crippen LogP contribution >= 0.6 is 0 Å². The average Bonchev–Trinajstić information content (AvgIpc) is 3.07. The van der Waals surface area contributed by atoms with Gasteiger partial charge in [-0.25, -0.2) is 0 Å². The number of hydrogen-bond acceptors (Lipinski definition) is 2. The van der Waals surface area contributed by atoms with Gasteiger partial charge in [0, 0.05) is 12.0 Å². The summed E-state index contributed by atoms with van der Waals surface area (Å²) in [6.45, 7) is 4.55. The van der Waals surface area contributed by atoms with E-state index < -0.39 is 6.04 Å². The van der Waals surface area contributed by atoms with Crippen molar-refractivity contribution in [2.45, 2.75) is 38.1 Å². The van der Waals surface area contributed by atoms with Crippen LogP contribution in [0.25, 0.3) is 0 Å². The lowest BCUT2D eigenvalue weighted by Gasteiger charge is -2.19. The Kier molecular flexibility index (Phi) is 3.20. The zero-order valence-corrected chi connectivity index (χ0v) is 10.5. The fourth-order valence-electron chi connectivity index (χ4n) is 2.28. The first-order valence-corrected chi connectivity index (χ1v) is 6.15. The molecule has 0 bridgehead atoms. The van der Waals surface area contributed by atoms with Gasteiger partial charge in [0.1, 0.15) is 0 Å². The zero-order chi connectivity index (χ0) is 12.5. The fourth-order valence-corrected chi connectivity index (χ4v) is 2.28. The van der Waals surface area contributed by atoms with Crippen molar-refractivity contribution < 1.29 is 4.79 Å². The second kappa shape index (κ2) is 4.49. The van der Waals surface area contributed by atoms with E-state index in [2.05, 4.69) is 36.5 Å². The van der Waals surface area contributed by atoms with E-state index in [4.69, 9.17) is 5.73 Å². The second-order valence-corrected chi connectivity index (χ2v) is 5.10. The molecule has 3 nitrogen and oxygen atoms in total. The summed E-state index contributed by atoms with van der Waals surface area (Å²) in [7, 11) is 0. The molecule has 1 aliphatic carbocycles. The van der Waals surface area contributed by atoms with E-state index in [1.54, 1.807) is 6.92 Å². The van der Waals surface area contributed by atoms with Crippen LogP contribution in [-0.4, -0.2) is 18.5 Å².